The zero-order valence-corrected chi connectivity index (χ0v) is 17.5. The molecule has 1 N–H and O–H groups in total. The second-order valence-electron chi connectivity index (χ2n) is 8.56. The fourth-order valence-electron chi connectivity index (χ4n) is 3.98. The molecule has 0 spiro atoms. The summed E-state index contributed by atoms with van der Waals surface area (Å²) >= 11 is 0. The maximum absolute atomic E-state index is 12.5. The van der Waals surface area contributed by atoms with Crippen molar-refractivity contribution < 1.29 is 19.4 Å². The molecule has 0 amide bonds. The van der Waals surface area contributed by atoms with Crippen LogP contribution >= 0.6 is 0 Å². The van der Waals surface area contributed by atoms with Crippen LogP contribution in [0.3, 0.4) is 0 Å². The van der Waals surface area contributed by atoms with Crippen molar-refractivity contribution in [2.24, 2.45) is 5.41 Å². The highest BCUT2D eigenvalue weighted by atomic mass is 16.5. The van der Waals surface area contributed by atoms with Crippen molar-refractivity contribution in [3.8, 4) is 17.1 Å². The molecule has 0 unspecified atom stereocenters. The molecule has 0 aliphatic carbocycles. The van der Waals surface area contributed by atoms with Crippen molar-refractivity contribution >= 4 is 16.9 Å². The zero-order valence-electron chi connectivity index (χ0n) is 17.5. The Morgan fingerprint density at radius 1 is 1.30 bits per heavy atom. The first kappa shape index (κ1) is 20.2. The van der Waals surface area contributed by atoms with E-state index in [-0.39, 0.29) is 17.0 Å². The third-order valence-electron chi connectivity index (χ3n) is 5.51. The molecule has 1 aliphatic heterocycles. The number of carbonyl (C=O) groups is 1. The lowest BCUT2D eigenvalue weighted by atomic mass is 9.85. The minimum Gasteiger partial charge on any atom is -0.489 e. The van der Waals surface area contributed by atoms with Crippen LogP contribution in [0.5, 0.6) is 5.75 Å². The van der Waals surface area contributed by atoms with E-state index < -0.39 is 11.4 Å². The number of hydrogen-bond acceptors (Lipinski definition) is 5. The van der Waals surface area contributed by atoms with Crippen molar-refractivity contribution in [2.75, 3.05) is 20.3 Å². The molecule has 30 heavy (non-hydrogen) atoms. The molecular weight excluding hydrogens is 386 g/mol. The molecule has 8 nitrogen and oxygen atoms in total. The Morgan fingerprint density at radius 2 is 2.07 bits per heavy atom. The first-order valence-electron chi connectivity index (χ1n) is 9.83. The molecule has 0 fully saturated rings. The van der Waals surface area contributed by atoms with E-state index in [0.29, 0.717) is 36.7 Å². The topological polar surface area (TPSA) is 95.6 Å². The molecule has 0 radical (unpaired) electrons. The van der Waals surface area contributed by atoms with Crippen LogP contribution in [0.25, 0.3) is 22.3 Å². The van der Waals surface area contributed by atoms with Gasteiger partial charge in [-0.05, 0) is 11.5 Å². The van der Waals surface area contributed by atoms with Crippen LogP contribution in [-0.2, 0) is 11.3 Å². The van der Waals surface area contributed by atoms with Gasteiger partial charge in [-0.3, -0.25) is 9.48 Å². The van der Waals surface area contributed by atoms with Crippen molar-refractivity contribution in [2.45, 2.75) is 33.4 Å². The van der Waals surface area contributed by atoms with Crippen molar-refractivity contribution in [1.29, 1.82) is 0 Å². The van der Waals surface area contributed by atoms with Gasteiger partial charge in [-0.15, -0.1) is 0 Å². The lowest BCUT2D eigenvalue weighted by Crippen LogP contribution is -2.35. The number of hydrogen-bond donors (Lipinski definition) is 1. The number of fused-ring (bicyclic) bond motifs is 5. The van der Waals surface area contributed by atoms with Gasteiger partial charge in [-0.25, -0.2) is 4.79 Å². The van der Waals surface area contributed by atoms with Crippen molar-refractivity contribution in [1.82, 2.24) is 14.3 Å². The van der Waals surface area contributed by atoms with Gasteiger partial charge >= 0.3 is 5.97 Å². The predicted octanol–water partition coefficient (Wildman–Crippen LogP) is 3.19. The van der Waals surface area contributed by atoms with Crippen LogP contribution in [-0.4, -0.2) is 45.7 Å². The summed E-state index contributed by atoms with van der Waals surface area (Å²) in [5, 5.41) is 15.1. The van der Waals surface area contributed by atoms with E-state index in [4.69, 9.17) is 14.6 Å². The number of pyridine rings is 1. The fourth-order valence-corrected chi connectivity index (χ4v) is 3.98. The largest absolute Gasteiger partial charge is 0.489 e. The molecule has 1 atom stereocenters. The molecule has 0 saturated heterocycles. The van der Waals surface area contributed by atoms with Gasteiger partial charge in [0.15, 0.2) is 5.43 Å². The summed E-state index contributed by atoms with van der Waals surface area (Å²) in [5.41, 5.74) is 1.22. The van der Waals surface area contributed by atoms with Crippen molar-refractivity contribution in [3.05, 3.63) is 46.2 Å². The molecule has 3 aromatic rings. The van der Waals surface area contributed by atoms with Crippen LogP contribution < -0.4 is 10.2 Å². The second-order valence-corrected chi connectivity index (χ2v) is 8.56. The van der Waals surface area contributed by atoms with Gasteiger partial charge in [0.05, 0.1) is 30.6 Å². The number of ether oxygens (including phenoxy) is 2. The zero-order chi connectivity index (χ0) is 21.6. The molecule has 0 bridgehead atoms. The van der Waals surface area contributed by atoms with Gasteiger partial charge in [-0.1, -0.05) is 32.9 Å². The molecule has 4 rings (SSSR count). The molecule has 3 heterocycles. The molecule has 1 aliphatic rings. The van der Waals surface area contributed by atoms with E-state index in [0.717, 1.165) is 11.1 Å². The van der Waals surface area contributed by atoms with Gasteiger partial charge in [0, 0.05) is 24.8 Å². The van der Waals surface area contributed by atoms with Gasteiger partial charge in [0.25, 0.3) is 0 Å². The Balaban J connectivity index is 1.96. The summed E-state index contributed by atoms with van der Waals surface area (Å²) in [5.74, 6) is -0.574. The summed E-state index contributed by atoms with van der Waals surface area (Å²) in [6.45, 7) is 7.70. The molecular formula is C22H25N3O5. The van der Waals surface area contributed by atoms with Crippen molar-refractivity contribution in [3.63, 3.8) is 0 Å². The minimum absolute atomic E-state index is 0.0779. The van der Waals surface area contributed by atoms with Gasteiger partial charge in [0.1, 0.15) is 23.4 Å². The maximum Gasteiger partial charge on any atom is 0.341 e. The number of methoxy groups -OCH3 is 1. The van der Waals surface area contributed by atoms with Crippen LogP contribution in [0, 0.1) is 5.41 Å². The predicted molar refractivity (Wildman–Crippen MR) is 112 cm³/mol. The molecule has 158 valence electrons. The SMILES string of the molecule is COCCOc1cccc2c3n(nc12)C[C@@H](C(C)(C)C)n1cc(C(=O)O)c(=O)cc1-3. The summed E-state index contributed by atoms with van der Waals surface area (Å²) in [6.07, 6.45) is 1.47. The number of carboxylic acids is 1. The Hall–Kier alpha value is -3.13. The maximum atomic E-state index is 12.5. The Kier molecular flexibility index (Phi) is 4.89. The monoisotopic (exact) mass is 411 g/mol. The number of carboxylic acid groups (broad SMARTS) is 1. The highest BCUT2D eigenvalue weighted by Gasteiger charge is 2.35. The first-order chi connectivity index (χ1) is 14.2. The van der Waals surface area contributed by atoms with Crippen LogP contribution in [0.1, 0.15) is 37.2 Å². The highest BCUT2D eigenvalue weighted by molar-refractivity contribution is 5.96. The third-order valence-corrected chi connectivity index (χ3v) is 5.51. The Morgan fingerprint density at radius 3 is 2.73 bits per heavy atom. The standard InChI is InChI=1S/C22H25N3O5/c1-22(2,3)18-12-25-20(15-10-16(26)14(21(27)28)11-24(15)18)13-6-5-7-17(19(13)23-25)30-9-8-29-4/h5-7,10-11,18H,8-9,12H2,1-4H3,(H,27,28)/t18-/m0/s1. The summed E-state index contributed by atoms with van der Waals surface area (Å²) in [6, 6.07) is 7.02. The molecule has 1 aromatic carbocycles. The second kappa shape index (κ2) is 7.28. The number of rotatable bonds is 5. The van der Waals surface area contributed by atoms with Gasteiger partial charge in [-0.2, -0.15) is 5.10 Å². The summed E-state index contributed by atoms with van der Waals surface area (Å²) in [4.78, 5) is 24.1. The summed E-state index contributed by atoms with van der Waals surface area (Å²) in [7, 11) is 1.62. The van der Waals surface area contributed by atoms with Crippen LogP contribution in [0.2, 0.25) is 0 Å². The third kappa shape index (κ3) is 3.27. The first-order valence-corrected chi connectivity index (χ1v) is 9.83. The lowest BCUT2D eigenvalue weighted by Gasteiger charge is -2.38. The smallest absolute Gasteiger partial charge is 0.341 e. The average molecular weight is 411 g/mol. The number of nitrogens with zero attached hydrogens (tertiary/aromatic N) is 3. The van der Waals surface area contributed by atoms with Gasteiger partial charge < -0.3 is 19.1 Å². The number of benzene rings is 1. The highest BCUT2D eigenvalue weighted by Crippen LogP contribution is 2.42. The van der Waals surface area contributed by atoms with E-state index in [1.54, 1.807) is 7.11 Å². The van der Waals surface area contributed by atoms with E-state index in [9.17, 15) is 14.7 Å². The molecule has 0 saturated carbocycles. The Labute approximate surface area is 173 Å². The summed E-state index contributed by atoms with van der Waals surface area (Å²) < 4.78 is 14.7. The normalized spacial score (nSPS) is 15.7. The van der Waals surface area contributed by atoms with Gasteiger partial charge in [0.2, 0.25) is 0 Å². The quantitative estimate of drug-likeness (QED) is 0.648. The number of aromatic carboxylic acids is 1. The number of aromatic nitrogens is 3. The molecule has 2 aromatic heterocycles. The Bertz CT molecular complexity index is 1190. The lowest BCUT2D eigenvalue weighted by molar-refractivity contribution is 0.0693. The fraction of sp³-hybridized carbons (Fsp3) is 0.409. The average Bonchev–Trinajstić information content (AvgIpc) is 3.06. The van der Waals surface area contributed by atoms with E-state index in [1.165, 1.54) is 12.3 Å². The minimum atomic E-state index is -1.22. The van der Waals surface area contributed by atoms with Crippen LogP contribution in [0.4, 0.5) is 0 Å². The van der Waals surface area contributed by atoms with E-state index in [2.05, 4.69) is 20.8 Å². The van der Waals surface area contributed by atoms with E-state index >= 15 is 0 Å². The molecule has 8 heteroatoms. The van der Waals surface area contributed by atoms with Crippen LogP contribution in [0.15, 0.2) is 35.3 Å². The van der Waals surface area contributed by atoms with E-state index in [1.807, 2.05) is 27.4 Å².